The van der Waals surface area contributed by atoms with E-state index >= 15 is 0 Å². The minimum Gasteiger partial charge on any atom is -0.321 e. The van der Waals surface area contributed by atoms with Gasteiger partial charge in [0.1, 0.15) is 0 Å². The number of Topliss-reactive ketones (excluding diaryl/α,β-unsaturated/α-hetero) is 1. The van der Waals surface area contributed by atoms with Gasteiger partial charge in [-0.1, -0.05) is 30.3 Å². The van der Waals surface area contributed by atoms with Gasteiger partial charge in [-0.2, -0.15) is 0 Å². The van der Waals surface area contributed by atoms with E-state index in [1.165, 1.54) is 12.0 Å². The van der Waals surface area contributed by atoms with E-state index in [0.717, 1.165) is 11.3 Å². The molecule has 0 bridgehead atoms. The van der Waals surface area contributed by atoms with Crippen molar-refractivity contribution in [2.24, 2.45) is 5.73 Å². The summed E-state index contributed by atoms with van der Waals surface area (Å²) in [6.07, 6.45) is 1.07. The van der Waals surface area contributed by atoms with Gasteiger partial charge in [0, 0.05) is 12.2 Å². The molecule has 1 rings (SSSR count). The fourth-order valence-corrected chi connectivity index (χ4v) is 1.86. The summed E-state index contributed by atoms with van der Waals surface area (Å²) in [4.78, 5) is 11.7. The molecule has 4 heteroatoms. The summed E-state index contributed by atoms with van der Waals surface area (Å²) in [5.41, 5.74) is 6.80. The summed E-state index contributed by atoms with van der Waals surface area (Å²) < 4.78 is 4.84. The van der Waals surface area contributed by atoms with Crippen LogP contribution in [0.3, 0.4) is 0 Å². The highest BCUT2D eigenvalue weighted by molar-refractivity contribution is 7.94. The van der Waals surface area contributed by atoms with E-state index in [1.54, 1.807) is 7.11 Å². The number of ketones is 1. The lowest BCUT2D eigenvalue weighted by Gasteiger charge is -2.09. The Bertz CT molecular complexity index is 316. The molecular weight excluding hydrogens is 222 g/mol. The summed E-state index contributed by atoms with van der Waals surface area (Å²) in [5, 5.41) is 0. The number of hydrogen-bond acceptors (Lipinski definition) is 4. The molecule has 0 spiro atoms. The van der Waals surface area contributed by atoms with Gasteiger partial charge in [0.25, 0.3) is 0 Å². The largest absolute Gasteiger partial charge is 0.321 e. The van der Waals surface area contributed by atoms with Crippen LogP contribution >= 0.6 is 12.0 Å². The topological polar surface area (TPSA) is 52.3 Å². The van der Waals surface area contributed by atoms with Crippen LogP contribution in [0, 0.1) is 0 Å². The molecular formula is C12H17NO2S. The average Bonchev–Trinajstić information content (AvgIpc) is 2.30. The molecule has 0 unspecified atom stereocenters. The maximum Gasteiger partial charge on any atom is 0.153 e. The van der Waals surface area contributed by atoms with E-state index in [4.69, 9.17) is 9.92 Å². The molecule has 16 heavy (non-hydrogen) atoms. The Labute approximate surface area is 101 Å². The van der Waals surface area contributed by atoms with Gasteiger partial charge in [0.05, 0.1) is 13.2 Å². The summed E-state index contributed by atoms with van der Waals surface area (Å²) in [7, 11) is 1.61. The number of carbonyl (C=O) groups excluding carboxylic acids is 1. The predicted octanol–water partition coefficient (Wildman–Crippen LogP) is 1.81. The fraction of sp³-hybridized carbons (Fsp3) is 0.417. The van der Waals surface area contributed by atoms with Crippen molar-refractivity contribution in [1.82, 2.24) is 0 Å². The Morgan fingerprint density at radius 1 is 1.44 bits per heavy atom. The molecule has 0 saturated carbocycles. The third-order valence-electron chi connectivity index (χ3n) is 2.26. The summed E-state index contributed by atoms with van der Waals surface area (Å²) >= 11 is 1.33. The lowest BCUT2D eigenvalue weighted by molar-refractivity contribution is -0.119. The Morgan fingerprint density at radius 2 is 2.12 bits per heavy atom. The molecule has 3 nitrogen and oxygen atoms in total. The SMILES string of the molecule is COSCC[C@H](N)C(=O)Cc1ccccc1. The molecule has 1 atom stereocenters. The van der Waals surface area contributed by atoms with Gasteiger partial charge < -0.3 is 9.92 Å². The maximum atomic E-state index is 11.7. The van der Waals surface area contributed by atoms with Gasteiger partial charge in [-0.05, 0) is 24.0 Å². The normalized spacial score (nSPS) is 12.4. The second-order valence-electron chi connectivity index (χ2n) is 3.51. The Hall–Kier alpha value is -0.840. The van der Waals surface area contributed by atoms with Crippen LogP contribution in [0.1, 0.15) is 12.0 Å². The van der Waals surface area contributed by atoms with Gasteiger partial charge in [-0.15, -0.1) is 0 Å². The molecule has 0 amide bonds. The smallest absolute Gasteiger partial charge is 0.153 e. The first-order valence-corrected chi connectivity index (χ1v) is 6.13. The molecule has 1 aromatic rings. The molecule has 88 valence electrons. The third kappa shape index (κ3) is 4.79. The fourth-order valence-electron chi connectivity index (χ4n) is 1.35. The van der Waals surface area contributed by atoms with Crippen LogP contribution < -0.4 is 5.73 Å². The molecule has 0 saturated heterocycles. The molecule has 0 aliphatic rings. The zero-order chi connectivity index (χ0) is 11.8. The molecule has 0 heterocycles. The minimum absolute atomic E-state index is 0.0860. The van der Waals surface area contributed by atoms with Gasteiger partial charge in [0.15, 0.2) is 5.78 Å². The molecule has 0 aliphatic carbocycles. The number of carbonyl (C=O) groups is 1. The van der Waals surface area contributed by atoms with Gasteiger partial charge in [-0.25, -0.2) is 0 Å². The molecule has 0 aromatic heterocycles. The molecule has 1 aromatic carbocycles. The van der Waals surface area contributed by atoms with Crippen molar-refractivity contribution in [3.05, 3.63) is 35.9 Å². The van der Waals surface area contributed by atoms with Crippen molar-refractivity contribution >= 4 is 17.8 Å². The van der Waals surface area contributed by atoms with Crippen molar-refractivity contribution in [1.29, 1.82) is 0 Å². The summed E-state index contributed by atoms with van der Waals surface area (Å²) in [6.45, 7) is 0. The van der Waals surface area contributed by atoms with E-state index < -0.39 is 0 Å². The Morgan fingerprint density at radius 3 is 2.75 bits per heavy atom. The van der Waals surface area contributed by atoms with Crippen molar-refractivity contribution < 1.29 is 8.98 Å². The first-order chi connectivity index (χ1) is 7.74. The average molecular weight is 239 g/mol. The number of hydrogen-bond donors (Lipinski definition) is 1. The van der Waals surface area contributed by atoms with E-state index in [-0.39, 0.29) is 11.8 Å². The molecule has 0 radical (unpaired) electrons. The van der Waals surface area contributed by atoms with Crippen LogP contribution in [0.4, 0.5) is 0 Å². The summed E-state index contributed by atoms with van der Waals surface area (Å²) in [5.74, 6) is 0.834. The van der Waals surface area contributed by atoms with Crippen LogP contribution in [0.15, 0.2) is 30.3 Å². The monoisotopic (exact) mass is 239 g/mol. The number of nitrogens with two attached hydrogens (primary N) is 1. The van der Waals surface area contributed by atoms with Crippen molar-refractivity contribution in [2.75, 3.05) is 12.9 Å². The number of rotatable bonds is 7. The van der Waals surface area contributed by atoms with Crippen LogP contribution in [-0.2, 0) is 15.4 Å². The zero-order valence-corrected chi connectivity index (χ0v) is 10.2. The van der Waals surface area contributed by atoms with E-state index in [2.05, 4.69) is 0 Å². The first-order valence-electron chi connectivity index (χ1n) is 5.22. The third-order valence-corrected chi connectivity index (χ3v) is 2.90. The number of benzene rings is 1. The molecule has 0 fully saturated rings. The lowest BCUT2D eigenvalue weighted by Crippen LogP contribution is -2.32. The predicted molar refractivity (Wildman–Crippen MR) is 67.2 cm³/mol. The second-order valence-corrected chi connectivity index (χ2v) is 4.49. The highest BCUT2D eigenvalue weighted by atomic mass is 32.2. The Balaban J connectivity index is 2.34. The minimum atomic E-state index is -0.386. The van der Waals surface area contributed by atoms with E-state index in [1.807, 2.05) is 30.3 Å². The highest BCUT2D eigenvalue weighted by Gasteiger charge is 2.13. The van der Waals surface area contributed by atoms with Crippen molar-refractivity contribution in [3.8, 4) is 0 Å². The highest BCUT2D eigenvalue weighted by Crippen LogP contribution is 2.07. The van der Waals surface area contributed by atoms with E-state index in [9.17, 15) is 4.79 Å². The molecule has 2 N–H and O–H groups in total. The second kappa shape index (κ2) is 7.44. The van der Waals surface area contributed by atoms with Crippen molar-refractivity contribution in [3.63, 3.8) is 0 Å². The zero-order valence-electron chi connectivity index (χ0n) is 9.39. The Kier molecular flexibility index (Phi) is 6.15. The lowest BCUT2D eigenvalue weighted by atomic mass is 10.0. The van der Waals surface area contributed by atoms with E-state index in [0.29, 0.717) is 12.8 Å². The van der Waals surface area contributed by atoms with Gasteiger partial charge in [0.2, 0.25) is 0 Å². The van der Waals surface area contributed by atoms with Crippen LogP contribution in [0.5, 0.6) is 0 Å². The maximum absolute atomic E-state index is 11.7. The first kappa shape index (κ1) is 13.2. The molecule has 0 aliphatic heterocycles. The van der Waals surface area contributed by atoms with Gasteiger partial charge >= 0.3 is 0 Å². The van der Waals surface area contributed by atoms with Crippen LogP contribution in [0.2, 0.25) is 0 Å². The van der Waals surface area contributed by atoms with Crippen molar-refractivity contribution in [2.45, 2.75) is 18.9 Å². The van der Waals surface area contributed by atoms with Crippen LogP contribution in [0.25, 0.3) is 0 Å². The summed E-state index contributed by atoms with van der Waals surface area (Å²) in [6, 6.07) is 9.28. The quantitative estimate of drug-likeness (QED) is 0.582. The standard InChI is InChI=1S/C12H17NO2S/c1-15-16-8-7-11(13)12(14)9-10-5-3-2-4-6-10/h2-6,11H,7-9,13H2,1H3/t11-/m0/s1. The van der Waals surface area contributed by atoms with Gasteiger partial charge in [-0.3, -0.25) is 4.79 Å². The van der Waals surface area contributed by atoms with Crippen LogP contribution in [-0.4, -0.2) is 24.7 Å².